The molecule has 2 heterocycles. The molecule has 0 aromatic carbocycles. The van der Waals surface area contributed by atoms with Crippen LogP contribution in [0.15, 0.2) is 22.9 Å². The maximum Gasteiger partial charge on any atom is 0.319 e. The van der Waals surface area contributed by atoms with Gasteiger partial charge in [-0.05, 0) is 25.3 Å². The summed E-state index contributed by atoms with van der Waals surface area (Å²) in [6, 6.07) is 1.77. The van der Waals surface area contributed by atoms with Crippen LogP contribution in [0.3, 0.4) is 0 Å². The molecule has 2 N–H and O–H groups in total. The van der Waals surface area contributed by atoms with Crippen molar-refractivity contribution in [1.82, 2.24) is 15.1 Å². The second kappa shape index (κ2) is 5.63. The van der Waals surface area contributed by atoms with Gasteiger partial charge in [0.2, 0.25) is 0 Å². The predicted molar refractivity (Wildman–Crippen MR) is 79.1 cm³/mol. The lowest BCUT2D eigenvalue weighted by atomic mass is 9.93. The molecule has 6 nitrogen and oxygen atoms in total. The number of aryl methyl sites for hydroxylation is 3. The molecule has 1 aliphatic rings. The van der Waals surface area contributed by atoms with Crippen LogP contribution in [0.4, 0.5) is 10.5 Å². The number of anilines is 1. The first kappa shape index (κ1) is 13.7. The van der Waals surface area contributed by atoms with Gasteiger partial charge in [0.15, 0.2) is 0 Å². The number of carbonyl (C=O) groups excluding carboxylic acids is 1. The number of amides is 2. The molecule has 0 aliphatic heterocycles. The van der Waals surface area contributed by atoms with E-state index in [0.717, 1.165) is 48.4 Å². The lowest BCUT2D eigenvalue weighted by Gasteiger charge is -2.22. The lowest BCUT2D eigenvalue weighted by Crippen LogP contribution is -2.34. The summed E-state index contributed by atoms with van der Waals surface area (Å²) in [7, 11) is 1.85. The van der Waals surface area contributed by atoms with Crippen molar-refractivity contribution >= 4 is 11.7 Å². The Morgan fingerprint density at radius 1 is 1.57 bits per heavy atom. The number of aromatic nitrogens is 2. The van der Waals surface area contributed by atoms with Gasteiger partial charge in [0.1, 0.15) is 5.76 Å². The Bertz CT molecular complexity index is 644. The molecule has 0 spiro atoms. The predicted octanol–water partition coefficient (Wildman–Crippen LogP) is 2.77. The van der Waals surface area contributed by atoms with Crippen molar-refractivity contribution in [2.24, 2.45) is 7.05 Å². The Balaban J connectivity index is 1.68. The maximum atomic E-state index is 12.2. The molecular weight excluding hydrogens is 268 g/mol. The molecule has 2 aromatic rings. The highest BCUT2D eigenvalue weighted by Gasteiger charge is 2.24. The largest absolute Gasteiger partial charge is 0.469 e. The number of fused-ring (bicyclic) bond motifs is 1. The third kappa shape index (κ3) is 2.79. The van der Waals surface area contributed by atoms with Gasteiger partial charge in [0.25, 0.3) is 0 Å². The van der Waals surface area contributed by atoms with Crippen LogP contribution in [0.1, 0.15) is 42.8 Å². The number of rotatable bonds is 3. The Hall–Kier alpha value is -2.24. The maximum absolute atomic E-state index is 12.2. The molecule has 112 valence electrons. The van der Waals surface area contributed by atoms with E-state index in [-0.39, 0.29) is 12.1 Å². The first-order valence-electron chi connectivity index (χ1n) is 7.33. The first-order valence-corrected chi connectivity index (χ1v) is 7.33. The normalized spacial score (nSPS) is 17.3. The Morgan fingerprint density at radius 3 is 3.24 bits per heavy atom. The quantitative estimate of drug-likeness (QED) is 0.912. The molecule has 6 heteroatoms. The lowest BCUT2D eigenvalue weighted by molar-refractivity contribution is 0.246. The number of urea groups is 1. The summed E-state index contributed by atoms with van der Waals surface area (Å²) in [5, 5.41) is 10.2. The zero-order chi connectivity index (χ0) is 14.8. The fourth-order valence-corrected chi connectivity index (χ4v) is 2.85. The topological polar surface area (TPSA) is 72.1 Å². The number of hydrogen-bond acceptors (Lipinski definition) is 3. The number of carbonyl (C=O) groups is 1. The molecule has 0 bridgehead atoms. The molecule has 0 fully saturated rings. The van der Waals surface area contributed by atoms with Crippen LogP contribution in [0.2, 0.25) is 0 Å². The molecule has 1 aliphatic carbocycles. The van der Waals surface area contributed by atoms with Crippen molar-refractivity contribution < 1.29 is 9.21 Å². The Kier molecular flexibility index (Phi) is 3.68. The van der Waals surface area contributed by atoms with Gasteiger partial charge >= 0.3 is 6.03 Å². The molecule has 2 amide bonds. The standard InChI is InChI=1S/C15H20N4O2/c1-3-11-13(9-19(2)18-11)17-15(20)16-12-5-4-6-14-10(12)7-8-21-14/h7-9,12H,3-6H2,1-2H3,(H2,16,17,20)/t12-/m0/s1. The average molecular weight is 288 g/mol. The van der Waals surface area contributed by atoms with Crippen LogP contribution in [-0.4, -0.2) is 15.8 Å². The van der Waals surface area contributed by atoms with Gasteiger partial charge in [-0.2, -0.15) is 5.10 Å². The highest BCUT2D eigenvalue weighted by Crippen LogP contribution is 2.30. The van der Waals surface area contributed by atoms with Crippen LogP contribution >= 0.6 is 0 Å². The van der Waals surface area contributed by atoms with E-state index >= 15 is 0 Å². The minimum atomic E-state index is -0.197. The zero-order valence-corrected chi connectivity index (χ0v) is 12.3. The van der Waals surface area contributed by atoms with E-state index in [9.17, 15) is 4.79 Å². The molecule has 0 saturated carbocycles. The number of furan rings is 1. The molecular formula is C15H20N4O2. The minimum absolute atomic E-state index is 0.0225. The number of nitrogens with one attached hydrogen (secondary N) is 2. The molecule has 1 atom stereocenters. The zero-order valence-electron chi connectivity index (χ0n) is 12.3. The van der Waals surface area contributed by atoms with Crippen LogP contribution in [0, 0.1) is 0 Å². The summed E-state index contributed by atoms with van der Waals surface area (Å²) < 4.78 is 7.15. The van der Waals surface area contributed by atoms with Crippen LogP contribution < -0.4 is 10.6 Å². The first-order chi connectivity index (χ1) is 10.2. The highest BCUT2D eigenvalue weighted by molar-refractivity contribution is 5.90. The van der Waals surface area contributed by atoms with E-state index in [1.807, 2.05) is 26.2 Å². The molecule has 0 radical (unpaired) electrons. The van der Waals surface area contributed by atoms with Crippen molar-refractivity contribution in [2.45, 2.75) is 38.6 Å². The van der Waals surface area contributed by atoms with Crippen molar-refractivity contribution in [3.05, 3.63) is 35.5 Å². The smallest absolute Gasteiger partial charge is 0.319 e. The van der Waals surface area contributed by atoms with E-state index in [0.29, 0.717) is 0 Å². The van der Waals surface area contributed by atoms with E-state index in [1.54, 1.807) is 10.9 Å². The van der Waals surface area contributed by atoms with E-state index in [2.05, 4.69) is 15.7 Å². The fourth-order valence-electron chi connectivity index (χ4n) is 2.85. The van der Waals surface area contributed by atoms with Crippen molar-refractivity contribution in [3.63, 3.8) is 0 Å². The van der Waals surface area contributed by atoms with Crippen molar-refractivity contribution in [2.75, 3.05) is 5.32 Å². The number of hydrogen-bond donors (Lipinski definition) is 2. The van der Waals surface area contributed by atoms with Gasteiger partial charge < -0.3 is 15.1 Å². The van der Waals surface area contributed by atoms with Crippen molar-refractivity contribution in [1.29, 1.82) is 0 Å². The summed E-state index contributed by atoms with van der Waals surface area (Å²) in [6.07, 6.45) is 7.21. The fraction of sp³-hybridized carbons (Fsp3) is 0.467. The third-order valence-electron chi connectivity index (χ3n) is 3.85. The minimum Gasteiger partial charge on any atom is -0.469 e. The van der Waals surface area contributed by atoms with Gasteiger partial charge in [0.05, 0.1) is 23.7 Å². The molecule has 21 heavy (non-hydrogen) atoms. The third-order valence-corrected chi connectivity index (χ3v) is 3.85. The second-order valence-electron chi connectivity index (χ2n) is 5.36. The van der Waals surface area contributed by atoms with Gasteiger partial charge in [-0.3, -0.25) is 4.68 Å². The number of nitrogens with zero attached hydrogens (tertiary/aromatic N) is 2. The summed E-state index contributed by atoms with van der Waals surface area (Å²) in [6.45, 7) is 2.02. The molecule has 2 aromatic heterocycles. The van der Waals surface area contributed by atoms with Crippen LogP contribution in [0.25, 0.3) is 0 Å². The van der Waals surface area contributed by atoms with Crippen LogP contribution in [0.5, 0.6) is 0 Å². The van der Waals surface area contributed by atoms with Gasteiger partial charge in [-0.15, -0.1) is 0 Å². The van der Waals surface area contributed by atoms with E-state index in [1.165, 1.54) is 0 Å². The van der Waals surface area contributed by atoms with Gasteiger partial charge in [-0.25, -0.2) is 4.79 Å². The summed E-state index contributed by atoms with van der Waals surface area (Å²) >= 11 is 0. The molecule has 0 unspecified atom stereocenters. The highest BCUT2D eigenvalue weighted by atomic mass is 16.3. The van der Waals surface area contributed by atoms with Gasteiger partial charge in [0, 0.05) is 25.2 Å². The molecule has 3 rings (SSSR count). The van der Waals surface area contributed by atoms with Crippen LogP contribution in [-0.2, 0) is 19.9 Å². The molecule has 0 saturated heterocycles. The van der Waals surface area contributed by atoms with Gasteiger partial charge in [-0.1, -0.05) is 6.92 Å². The summed E-state index contributed by atoms with van der Waals surface area (Å²) in [4.78, 5) is 12.2. The van der Waals surface area contributed by atoms with Crippen molar-refractivity contribution in [3.8, 4) is 0 Å². The second-order valence-corrected chi connectivity index (χ2v) is 5.36. The van der Waals surface area contributed by atoms with E-state index < -0.39 is 0 Å². The SMILES string of the molecule is CCc1nn(C)cc1NC(=O)N[C@H]1CCCc2occc21. The Labute approximate surface area is 123 Å². The Morgan fingerprint density at radius 2 is 2.43 bits per heavy atom. The summed E-state index contributed by atoms with van der Waals surface area (Å²) in [5.41, 5.74) is 2.75. The van der Waals surface area contributed by atoms with E-state index in [4.69, 9.17) is 4.42 Å². The monoisotopic (exact) mass is 288 g/mol. The average Bonchev–Trinajstić information content (AvgIpc) is 3.05. The summed E-state index contributed by atoms with van der Waals surface area (Å²) in [5.74, 6) is 0.988.